The first-order valence-electron chi connectivity index (χ1n) is 11.9. The van der Waals surface area contributed by atoms with Gasteiger partial charge in [-0.3, -0.25) is 14.6 Å². The third kappa shape index (κ3) is 3.70. The van der Waals surface area contributed by atoms with Crippen molar-refractivity contribution >= 4 is 40.5 Å². The maximum absolute atomic E-state index is 13.9. The summed E-state index contributed by atoms with van der Waals surface area (Å²) in [5.74, 6) is -4.24. The van der Waals surface area contributed by atoms with E-state index in [1.165, 1.54) is 6.92 Å². The molecule has 3 atom stereocenters. The van der Waals surface area contributed by atoms with Gasteiger partial charge in [0.25, 0.3) is 0 Å². The predicted octanol–water partition coefficient (Wildman–Crippen LogP) is 1.81. The molecule has 0 spiro atoms. The summed E-state index contributed by atoms with van der Waals surface area (Å²) in [6.07, 6.45) is -0.0363. The quantitative estimate of drug-likeness (QED) is 0.363. The summed E-state index contributed by atoms with van der Waals surface area (Å²) in [6.45, 7) is 6.78. The van der Waals surface area contributed by atoms with Crippen molar-refractivity contribution in [3.8, 4) is 11.5 Å². The number of ketones is 2. The van der Waals surface area contributed by atoms with E-state index in [0.29, 0.717) is 48.4 Å². The maximum atomic E-state index is 13.9. The minimum absolute atomic E-state index is 0. The SMILES string of the molecule is C/C(=N\N1CCOCC1)C1=C(O)[C@@]2(O)C(=O)c3c(c(C)c4ccc(C)c(O)c4c3O)C[C@H]2[C@@H](N)C1=O.Cl. The van der Waals surface area contributed by atoms with Gasteiger partial charge in [0.1, 0.15) is 17.3 Å². The Hall–Kier alpha value is -3.18. The lowest BCUT2D eigenvalue weighted by Crippen LogP contribution is -2.63. The number of fused-ring (bicyclic) bond motifs is 3. The summed E-state index contributed by atoms with van der Waals surface area (Å²) < 4.78 is 5.30. The summed E-state index contributed by atoms with van der Waals surface area (Å²) in [4.78, 5) is 27.2. The number of carbonyl (C=O) groups is 2. The topological polar surface area (TPSA) is 166 Å². The Bertz CT molecular complexity index is 1400. The van der Waals surface area contributed by atoms with Gasteiger partial charge in [-0.15, -0.1) is 12.4 Å². The molecule has 11 heteroatoms. The van der Waals surface area contributed by atoms with Gasteiger partial charge in [0.15, 0.2) is 11.4 Å². The van der Waals surface area contributed by atoms with Crippen LogP contribution in [0.3, 0.4) is 0 Å². The van der Waals surface area contributed by atoms with Gasteiger partial charge < -0.3 is 30.9 Å². The highest BCUT2D eigenvalue weighted by molar-refractivity contribution is 6.26. The van der Waals surface area contributed by atoms with E-state index in [1.807, 2.05) is 0 Å². The maximum Gasteiger partial charge on any atom is 0.206 e. The minimum Gasteiger partial charge on any atom is -0.508 e. The van der Waals surface area contributed by atoms with Crippen LogP contribution >= 0.6 is 12.4 Å². The number of phenolic OH excluding ortho intramolecular Hbond substituents is 2. The second kappa shape index (κ2) is 9.29. The summed E-state index contributed by atoms with van der Waals surface area (Å²) in [5.41, 5.74) is 4.91. The lowest BCUT2D eigenvalue weighted by Gasteiger charge is -2.45. The molecule has 37 heavy (non-hydrogen) atoms. The summed E-state index contributed by atoms with van der Waals surface area (Å²) in [5, 5.41) is 51.5. The highest BCUT2D eigenvalue weighted by Crippen LogP contribution is 2.50. The highest BCUT2D eigenvalue weighted by atomic mass is 35.5. The number of morpholine rings is 1. The van der Waals surface area contributed by atoms with Crippen molar-refractivity contribution < 1.29 is 34.8 Å². The van der Waals surface area contributed by atoms with E-state index in [0.717, 1.165) is 0 Å². The molecular formula is C26H30ClN3O7. The van der Waals surface area contributed by atoms with E-state index in [4.69, 9.17) is 10.5 Å². The molecule has 2 aliphatic carbocycles. The Balaban J connectivity index is 0.00000320. The number of halogens is 1. The normalized spacial score (nSPS) is 26.2. The summed E-state index contributed by atoms with van der Waals surface area (Å²) >= 11 is 0. The second-order valence-corrected chi connectivity index (χ2v) is 9.75. The van der Waals surface area contributed by atoms with Crippen LogP contribution in [-0.4, -0.2) is 80.7 Å². The van der Waals surface area contributed by atoms with Gasteiger partial charge in [0, 0.05) is 5.92 Å². The number of rotatable bonds is 2. The van der Waals surface area contributed by atoms with Crippen LogP contribution < -0.4 is 5.73 Å². The number of aliphatic hydroxyl groups is 2. The molecular weight excluding hydrogens is 502 g/mol. The largest absolute Gasteiger partial charge is 0.508 e. The molecule has 2 aromatic carbocycles. The Morgan fingerprint density at radius 2 is 1.78 bits per heavy atom. The van der Waals surface area contributed by atoms with Crippen molar-refractivity contribution in [3.05, 3.63) is 45.7 Å². The number of hydrogen-bond donors (Lipinski definition) is 5. The van der Waals surface area contributed by atoms with Crippen molar-refractivity contribution in [2.45, 2.75) is 38.8 Å². The fourth-order valence-electron chi connectivity index (χ4n) is 5.68. The lowest BCUT2D eigenvalue weighted by atomic mass is 9.61. The van der Waals surface area contributed by atoms with Crippen LogP contribution in [0.25, 0.3) is 10.8 Å². The average molecular weight is 532 g/mol. The second-order valence-electron chi connectivity index (χ2n) is 9.75. The van der Waals surface area contributed by atoms with Crippen LogP contribution in [0, 0.1) is 19.8 Å². The van der Waals surface area contributed by atoms with E-state index in [1.54, 1.807) is 31.0 Å². The van der Waals surface area contributed by atoms with Crippen molar-refractivity contribution in [2.75, 3.05) is 26.3 Å². The third-order valence-electron chi connectivity index (χ3n) is 7.77. The van der Waals surface area contributed by atoms with Crippen LogP contribution in [0.2, 0.25) is 0 Å². The van der Waals surface area contributed by atoms with E-state index < -0.39 is 40.6 Å². The number of benzene rings is 2. The smallest absolute Gasteiger partial charge is 0.206 e. The fourth-order valence-corrected chi connectivity index (χ4v) is 5.68. The first-order valence-corrected chi connectivity index (χ1v) is 11.9. The zero-order valence-corrected chi connectivity index (χ0v) is 21.6. The first-order chi connectivity index (χ1) is 17.0. The molecule has 0 saturated carbocycles. The summed E-state index contributed by atoms with van der Waals surface area (Å²) in [7, 11) is 0. The molecule has 198 valence electrons. The summed E-state index contributed by atoms with van der Waals surface area (Å²) in [6, 6.07) is 2.14. The van der Waals surface area contributed by atoms with Crippen molar-refractivity contribution in [1.29, 1.82) is 0 Å². The van der Waals surface area contributed by atoms with Gasteiger partial charge in [-0.2, -0.15) is 5.10 Å². The van der Waals surface area contributed by atoms with Gasteiger partial charge in [-0.05, 0) is 49.3 Å². The monoisotopic (exact) mass is 531 g/mol. The molecule has 0 bridgehead atoms. The van der Waals surface area contributed by atoms with Gasteiger partial charge >= 0.3 is 0 Å². The minimum atomic E-state index is -2.55. The molecule has 2 aromatic rings. The molecule has 0 unspecified atom stereocenters. The van der Waals surface area contributed by atoms with Crippen LogP contribution in [0.5, 0.6) is 11.5 Å². The molecule has 1 aliphatic heterocycles. The molecule has 1 fully saturated rings. The van der Waals surface area contributed by atoms with Crippen molar-refractivity contribution in [2.24, 2.45) is 16.8 Å². The number of aryl methyl sites for hydroxylation is 2. The lowest BCUT2D eigenvalue weighted by molar-refractivity contribution is -0.122. The molecule has 10 nitrogen and oxygen atoms in total. The molecule has 5 rings (SSSR count). The number of nitrogens with zero attached hydrogens (tertiary/aromatic N) is 2. The van der Waals surface area contributed by atoms with Crippen LogP contribution in [0.1, 0.15) is 34.0 Å². The number of carbonyl (C=O) groups excluding carboxylic acids is 2. The van der Waals surface area contributed by atoms with Crippen LogP contribution in [0.4, 0.5) is 0 Å². The number of hydrazone groups is 1. The Labute approximate surface area is 219 Å². The van der Waals surface area contributed by atoms with Gasteiger partial charge in [-0.25, -0.2) is 0 Å². The Morgan fingerprint density at radius 1 is 1.14 bits per heavy atom. The fraction of sp³-hybridized carbons (Fsp3) is 0.423. The first kappa shape index (κ1) is 26.9. The molecule has 6 N–H and O–H groups in total. The molecule has 0 radical (unpaired) electrons. The van der Waals surface area contributed by atoms with E-state index in [2.05, 4.69) is 5.10 Å². The van der Waals surface area contributed by atoms with Crippen LogP contribution in [0.15, 0.2) is 28.6 Å². The Morgan fingerprint density at radius 3 is 2.43 bits per heavy atom. The number of aromatic hydroxyl groups is 2. The molecule has 1 saturated heterocycles. The number of ether oxygens (including phenoxy) is 1. The molecule has 0 amide bonds. The van der Waals surface area contributed by atoms with Gasteiger partial charge in [0.05, 0.1) is 54.6 Å². The Kier molecular flexibility index (Phi) is 6.74. The zero-order valence-electron chi connectivity index (χ0n) is 20.7. The van der Waals surface area contributed by atoms with E-state index >= 15 is 0 Å². The predicted molar refractivity (Wildman–Crippen MR) is 139 cm³/mol. The van der Waals surface area contributed by atoms with Crippen molar-refractivity contribution in [1.82, 2.24) is 5.01 Å². The zero-order chi connectivity index (χ0) is 26.1. The number of hydrogen-bond acceptors (Lipinski definition) is 10. The standard InChI is InChI=1S/C26H29N3O7.ClH/c1-11-4-5-14-12(2)15-10-16-20(27)23(32)17(13(3)28-29-6-8-36-9-7-29)24(33)26(16,35)25(34)19(15)22(31)18(14)21(11)30;/h4-5,16,20,30-31,33,35H,6-10,27H2,1-3H3;1H/b28-13+;/t16-,20+,26+;/m0./s1. The van der Waals surface area contributed by atoms with E-state index in [9.17, 15) is 30.0 Å². The number of nitrogens with two attached hydrogens (primary N) is 1. The van der Waals surface area contributed by atoms with Gasteiger partial charge in [0.2, 0.25) is 5.78 Å². The van der Waals surface area contributed by atoms with E-state index in [-0.39, 0.29) is 46.8 Å². The number of aliphatic hydroxyl groups excluding tert-OH is 1. The highest BCUT2D eigenvalue weighted by Gasteiger charge is 2.60. The molecule has 1 heterocycles. The van der Waals surface area contributed by atoms with Gasteiger partial charge in [-0.1, -0.05) is 12.1 Å². The third-order valence-corrected chi connectivity index (χ3v) is 7.77. The molecule has 3 aliphatic rings. The average Bonchev–Trinajstić information content (AvgIpc) is 2.85. The molecule has 0 aromatic heterocycles. The van der Waals surface area contributed by atoms with Crippen molar-refractivity contribution in [3.63, 3.8) is 0 Å². The number of phenols is 2. The van der Waals surface area contributed by atoms with Crippen LogP contribution in [-0.2, 0) is 16.0 Å². The number of Topliss-reactive ketones (excluding diaryl/α,β-unsaturated/α-hetero) is 2.